The van der Waals surface area contributed by atoms with Crippen LogP contribution in [0.5, 0.6) is 0 Å². The largest absolute Gasteiger partial charge is 0.481 e. The summed E-state index contributed by atoms with van der Waals surface area (Å²) < 4.78 is 15.8. The molecule has 2 heterocycles. The minimum Gasteiger partial charge on any atom is -0.481 e. The zero-order valence-electron chi connectivity index (χ0n) is 10.0. The van der Waals surface area contributed by atoms with E-state index >= 15 is 0 Å². The highest BCUT2D eigenvalue weighted by Gasteiger charge is 2.34. The number of amides is 1. The van der Waals surface area contributed by atoms with Gasteiger partial charge in [0.05, 0.1) is 45.5 Å². The molecule has 0 saturated carbocycles. The second kappa shape index (κ2) is 6.12. The topological polar surface area (TPSA) is 85.3 Å². The summed E-state index contributed by atoms with van der Waals surface area (Å²) in [5.74, 6) is -1.15. The molecule has 2 aliphatic heterocycles. The van der Waals surface area contributed by atoms with E-state index in [1.807, 2.05) is 0 Å². The van der Waals surface area contributed by atoms with Crippen LogP contribution >= 0.6 is 0 Å². The lowest BCUT2D eigenvalue weighted by molar-refractivity contribution is -0.166. The summed E-state index contributed by atoms with van der Waals surface area (Å²) in [6.45, 7) is 2.20. The number of morpholine rings is 1. The van der Waals surface area contributed by atoms with E-state index in [1.54, 1.807) is 0 Å². The average Bonchev–Trinajstić information content (AvgIpc) is 2.39. The van der Waals surface area contributed by atoms with Gasteiger partial charge < -0.3 is 24.2 Å². The van der Waals surface area contributed by atoms with Gasteiger partial charge in [0.25, 0.3) is 5.91 Å². The average molecular weight is 259 g/mol. The van der Waals surface area contributed by atoms with Crippen LogP contribution in [0.3, 0.4) is 0 Å². The maximum Gasteiger partial charge on any atom is 0.305 e. The van der Waals surface area contributed by atoms with E-state index in [4.69, 9.17) is 19.3 Å². The summed E-state index contributed by atoms with van der Waals surface area (Å²) in [6, 6.07) is -0.422. The van der Waals surface area contributed by atoms with Crippen LogP contribution in [0, 0.1) is 0 Å². The number of nitrogens with zero attached hydrogens (tertiary/aromatic N) is 1. The molecule has 2 fully saturated rings. The van der Waals surface area contributed by atoms with Gasteiger partial charge in [-0.1, -0.05) is 0 Å². The van der Waals surface area contributed by atoms with Crippen molar-refractivity contribution in [2.45, 2.75) is 18.6 Å². The summed E-state index contributed by atoms with van der Waals surface area (Å²) in [7, 11) is 0. The summed E-state index contributed by atoms with van der Waals surface area (Å²) in [5.41, 5.74) is 0. The highest BCUT2D eigenvalue weighted by molar-refractivity contribution is 5.82. The number of carbonyl (C=O) groups is 2. The zero-order chi connectivity index (χ0) is 13.0. The van der Waals surface area contributed by atoms with Crippen LogP contribution in [-0.2, 0) is 23.8 Å². The molecule has 0 spiro atoms. The molecular formula is C11H17NO6. The van der Waals surface area contributed by atoms with Crippen LogP contribution in [-0.4, -0.2) is 73.6 Å². The van der Waals surface area contributed by atoms with Gasteiger partial charge in [-0.15, -0.1) is 0 Å². The van der Waals surface area contributed by atoms with E-state index in [0.29, 0.717) is 26.4 Å². The number of hydrogen-bond acceptors (Lipinski definition) is 5. The Labute approximate surface area is 105 Å². The van der Waals surface area contributed by atoms with Gasteiger partial charge in [-0.05, 0) is 0 Å². The molecule has 0 radical (unpaired) electrons. The smallest absolute Gasteiger partial charge is 0.305 e. The Balaban J connectivity index is 1.98. The van der Waals surface area contributed by atoms with Crippen molar-refractivity contribution >= 4 is 11.9 Å². The van der Waals surface area contributed by atoms with Crippen molar-refractivity contribution in [3.05, 3.63) is 0 Å². The van der Waals surface area contributed by atoms with Gasteiger partial charge >= 0.3 is 5.97 Å². The molecule has 0 aromatic carbocycles. The Morgan fingerprint density at radius 2 is 1.94 bits per heavy atom. The highest BCUT2D eigenvalue weighted by Crippen LogP contribution is 2.15. The Morgan fingerprint density at radius 3 is 2.61 bits per heavy atom. The molecule has 2 atom stereocenters. The first-order chi connectivity index (χ1) is 8.68. The fourth-order valence-corrected chi connectivity index (χ4v) is 2.13. The number of carboxylic acid groups (broad SMARTS) is 1. The normalized spacial score (nSPS) is 29.0. The molecule has 2 aliphatic rings. The number of carboxylic acids is 1. The molecule has 7 heteroatoms. The third-order valence-corrected chi connectivity index (χ3v) is 3.01. The minimum atomic E-state index is -0.941. The maximum atomic E-state index is 12.2. The van der Waals surface area contributed by atoms with Gasteiger partial charge in [-0.25, -0.2) is 0 Å². The van der Waals surface area contributed by atoms with Crippen molar-refractivity contribution in [3.8, 4) is 0 Å². The zero-order valence-corrected chi connectivity index (χ0v) is 10.0. The fourth-order valence-electron chi connectivity index (χ4n) is 2.13. The quantitative estimate of drug-likeness (QED) is 0.707. The van der Waals surface area contributed by atoms with Crippen molar-refractivity contribution in [2.75, 3.05) is 39.6 Å². The van der Waals surface area contributed by atoms with Crippen LogP contribution < -0.4 is 0 Å². The molecule has 1 amide bonds. The van der Waals surface area contributed by atoms with Crippen LogP contribution in [0.2, 0.25) is 0 Å². The first kappa shape index (κ1) is 13.3. The van der Waals surface area contributed by atoms with E-state index in [0.717, 1.165) is 0 Å². The lowest BCUT2D eigenvalue weighted by Gasteiger charge is -2.37. The second-order valence-corrected chi connectivity index (χ2v) is 4.29. The van der Waals surface area contributed by atoms with Gasteiger partial charge in [0.15, 0.2) is 6.10 Å². The minimum absolute atomic E-state index is 0.112. The van der Waals surface area contributed by atoms with E-state index in [2.05, 4.69) is 0 Å². The van der Waals surface area contributed by atoms with E-state index in [9.17, 15) is 9.59 Å². The Hall–Kier alpha value is -1.18. The van der Waals surface area contributed by atoms with Crippen molar-refractivity contribution in [2.24, 2.45) is 0 Å². The van der Waals surface area contributed by atoms with Crippen LogP contribution in [0.15, 0.2) is 0 Å². The van der Waals surface area contributed by atoms with Crippen LogP contribution in [0.1, 0.15) is 6.42 Å². The van der Waals surface area contributed by atoms with Gasteiger partial charge in [-0.2, -0.15) is 0 Å². The number of rotatable bonds is 3. The molecule has 0 aromatic rings. The Bertz CT molecular complexity index is 315. The number of ether oxygens (including phenoxy) is 3. The first-order valence-electron chi connectivity index (χ1n) is 5.98. The maximum absolute atomic E-state index is 12.2. The van der Waals surface area contributed by atoms with Crippen molar-refractivity contribution in [1.29, 1.82) is 0 Å². The summed E-state index contributed by atoms with van der Waals surface area (Å²) >= 11 is 0. The van der Waals surface area contributed by atoms with Gasteiger partial charge in [0, 0.05) is 6.54 Å². The second-order valence-electron chi connectivity index (χ2n) is 4.29. The van der Waals surface area contributed by atoms with Crippen molar-refractivity contribution < 1.29 is 28.9 Å². The lowest BCUT2D eigenvalue weighted by Crippen LogP contribution is -2.54. The molecule has 7 nitrogen and oxygen atoms in total. The Morgan fingerprint density at radius 1 is 1.17 bits per heavy atom. The molecule has 2 saturated heterocycles. The standard InChI is InChI=1S/C11H17NO6/c13-10(14)5-8-6-16-2-1-12(8)11(15)9-7-17-3-4-18-9/h8-9H,1-7H2,(H,13,14). The molecule has 102 valence electrons. The number of aliphatic carboxylic acids is 1. The van der Waals surface area contributed by atoms with Crippen molar-refractivity contribution in [3.63, 3.8) is 0 Å². The molecule has 18 heavy (non-hydrogen) atoms. The first-order valence-corrected chi connectivity index (χ1v) is 5.98. The Kier molecular flexibility index (Phi) is 4.51. The molecule has 0 bridgehead atoms. The molecule has 2 rings (SSSR count). The lowest BCUT2D eigenvalue weighted by atomic mass is 10.1. The summed E-state index contributed by atoms with van der Waals surface area (Å²) in [4.78, 5) is 24.5. The van der Waals surface area contributed by atoms with Gasteiger partial charge in [-0.3, -0.25) is 9.59 Å². The van der Waals surface area contributed by atoms with Gasteiger partial charge in [0.2, 0.25) is 0 Å². The van der Waals surface area contributed by atoms with Crippen LogP contribution in [0.25, 0.3) is 0 Å². The van der Waals surface area contributed by atoms with E-state index in [1.165, 1.54) is 4.90 Å². The summed E-state index contributed by atoms with van der Waals surface area (Å²) in [5, 5.41) is 8.83. The molecule has 1 N–H and O–H groups in total. The molecule has 0 aromatic heterocycles. The molecular weight excluding hydrogens is 242 g/mol. The SMILES string of the molecule is O=C(O)CC1COCCN1C(=O)C1COCCO1. The van der Waals surface area contributed by atoms with Crippen LogP contribution in [0.4, 0.5) is 0 Å². The predicted octanol–water partition coefficient (Wildman–Crippen LogP) is -0.896. The van der Waals surface area contributed by atoms with Gasteiger partial charge in [0.1, 0.15) is 0 Å². The highest BCUT2D eigenvalue weighted by atomic mass is 16.6. The third-order valence-electron chi connectivity index (χ3n) is 3.01. The fraction of sp³-hybridized carbons (Fsp3) is 0.818. The molecule has 2 unspecified atom stereocenters. The monoisotopic (exact) mass is 259 g/mol. The summed E-state index contributed by atoms with van der Waals surface area (Å²) in [6.07, 6.45) is -0.729. The number of hydrogen-bond donors (Lipinski definition) is 1. The third kappa shape index (κ3) is 3.18. The van der Waals surface area contributed by atoms with Crippen molar-refractivity contribution in [1.82, 2.24) is 4.90 Å². The van der Waals surface area contributed by atoms with E-state index < -0.39 is 18.1 Å². The van der Waals surface area contributed by atoms with E-state index in [-0.39, 0.29) is 25.5 Å². The predicted molar refractivity (Wildman–Crippen MR) is 59.1 cm³/mol. The number of carbonyl (C=O) groups excluding carboxylic acids is 1. The molecule has 0 aliphatic carbocycles.